The van der Waals surface area contributed by atoms with E-state index >= 15 is 0 Å². The monoisotopic (exact) mass is 386 g/mol. The number of halogens is 1. The van der Waals surface area contributed by atoms with Crippen LogP contribution in [0.4, 0.5) is 0 Å². The van der Waals surface area contributed by atoms with Crippen molar-refractivity contribution >= 4 is 35.2 Å². The van der Waals surface area contributed by atoms with Gasteiger partial charge in [0, 0.05) is 23.7 Å². The van der Waals surface area contributed by atoms with E-state index in [1.54, 1.807) is 23.9 Å². The highest BCUT2D eigenvalue weighted by molar-refractivity contribution is 8.00. The van der Waals surface area contributed by atoms with Crippen molar-refractivity contribution in [3.63, 3.8) is 0 Å². The molecule has 0 bridgehead atoms. The smallest absolute Gasteiger partial charge is 0.244 e. The normalized spacial score (nSPS) is 24.6. The Morgan fingerprint density at radius 1 is 1.19 bits per heavy atom. The largest absolute Gasteiger partial charge is 0.350 e. The fraction of sp³-hybridized carbons (Fsp3) is 0.300. The van der Waals surface area contributed by atoms with Gasteiger partial charge in [0.25, 0.3) is 0 Å². The lowest BCUT2D eigenvalue weighted by Crippen LogP contribution is -2.49. The number of rotatable bonds is 4. The third kappa shape index (κ3) is 2.99. The average molecular weight is 387 g/mol. The lowest BCUT2D eigenvalue weighted by molar-refractivity contribution is -0.138. The zero-order valence-corrected chi connectivity index (χ0v) is 15.7. The number of hydrogen-bond acceptors (Lipinski definition) is 3. The molecule has 4 rings (SSSR count). The van der Waals surface area contributed by atoms with E-state index in [-0.39, 0.29) is 11.8 Å². The first-order valence-corrected chi connectivity index (χ1v) is 10.0. The lowest BCUT2D eigenvalue weighted by atomic mass is 10.0. The van der Waals surface area contributed by atoms with Crippen molar-refractivity contribution in [2.24, 2.45) is 0 Å². The minimum Gasteiger partial charge on any atom is -0.350 e. The second kappa shape index (κ2) is 6.97. The van der Waals surface area contributed by atoms with Crippen molar-refractivity contribution in [1.29, 1.82) is 0 Å². The van der Waals surface area contributed by atoms with Crippen molar-refractivity contribution in [3.8, 4) is 0 Å². The van der Waals surface area contributed by atoms with Crippen LogP contribution in [0.5, 0.6) is 0 Å². The quantitative estimate of drug-likeness (QED) is 0.874. The van der Waals surface area contributed by atoms with Crippen LogP contribution in [0.15, 0.2) is 54.6 Å². The van der Waals surface area contributed by atoms with E-state index in [0.717, 1.165) is 17.5 Å². The SMILES string of the molecule is O=C(NCc1ccc(Cl)cc1)C1CSC2(c3ccccc3)CCC(=O)N12. The van der Waals surface area contributed by atoms with Gasteiger partial charge in [-0.1, -0.05) is 54.1 Å². The van der Waals surface area contributed by atoms with Gasteiger partial charge in [-0.25, -0.2) is 0 Å². The summed E-state index contributed by atoms with van der Waals surface area (Å²) in [6.07, 6.45) is 1.24. The maximum absolute atomic E-state index is 12.8. The molecular weight excluding hydrogens is 368 g/mol. The van der Waals surface area contributed by atoms with Gasteiger partial charge in [0.05, 0.1) is 0 Å². The molecule has 2 heterocycles. The second-order valence-corrected chi connectivity index (χ2v) is 8.32. The molecule has 2 unspecified atom stereocenters. The summed E-state index contributed by atoms with van der Waals surface area (Å²) in [6.45, 7) is 0.428. The maximum Gasteiger partial charge on any atom is 0.244 e. The molecule has 0 radical (unpaired) electrons. The molecule has 2 aromatic carbocycles. The fourth-order valence-electron chi connectivity index (χ4n) is 3.74. The van der Waals surface area contributed by atoms with E-state index in [1.165, 1.54) is 0 Å². The summed E-state index contributed by atoms with van der Waals surface area (Å²) in [7, 11) is 0. The van der Waals surface area contributed by atoms with Crippen molar-refractivity contribution in [1.82, 2.24) is 10.2 Å². The van der Waals surface area contributed by atoms with Crippen molar-refractivity contribution in [3.05, 3.63) is 70.7 Å². The van der Waals surface area contributed by atoms with Crippen LogP contribution in [-0.4, -0.2) is 28.5 Å². The summed E-state index contributed by atoms with van der Waals surface area (Å²) in [5, 5.41) is 3.64. The molecule has 134 valence electrons. The van der Waals surface area contributed by atoms with Gasteiger partial charge in [0.1, 0.15) is 10.9 Å². The highest BCUT2D eigenvalue weighted by Gasteiger charge is 2.56. The lowest BCUT2D eigenvalue weighted by Gasteiger charge is -2.34. The second-order valence-electron chi connectivity index (χ2n) is 6.59. The summed E-state index contributed by atoms with van der Waals surface area (Å²) in [6, 6.07) is 17.0. The standard InChI is InChI=1S/C20H19ClN2O2S/c21-16-8-6-14(7-9-16)12-22-19(25)17-13-26-20(11-10-18(24)23(17)20)15-4-2-1-3-5-15/h1-9,17H,10-13H2,(H,22,25). The van der Waals surface area contributed by atoms with Gasteiger partial charge in [0.15, 0.2) is 0 Å². The number of hydrogen-bond donors (Lipinski definition) is 1. The third-order valence-corrected chi connectivity index (χ3v) is 6.88. The molecule has 2 saturated heterocycles. The van der Waals surface area contributed by atoms with E-state index in [0.29, 0.717) is 23.7 Å². The summed E-state index contributed by atoms with van der Waals surface area (Å²) >= 11 is 7.60. The first-order chi connectivity index (χ1) is 12.6. The summed E-state index contributed by atoms with van der Waals surface area (Å²) in [4.78, 5) is 26.8. The number of benzene rings is 2. The molecule has 1 N–H and O–H groups in total. The first-order valence-electron chi connectivity index (χ1n) is 8.64. The van der Waals surface area contributed by atoms with Gasteiger partial charge in [0.2, 0.25) is 11.8 Å². The van der Waals surface area contributed by atoms with E-state index in [1.807, 2.05) is 47.4 Å². The van der Waals surface area contributed by atoms with Crippen LogP contribution in [0.1, 0.15) is 24.0 Å². The highest BCUT2D eigenvalue weighted by Crippen LogP contribution is 2.54. The van der Waals surface area contributed by atoms with Crippen molar-refractivity contribution in [2.75, 3.05) is 5.75 Å². The van der Waals surface area contributed by atoms with Gasteiger partial charge >= 0.3 is 0 Å². The third-order valence-electron chi connectivity index (χ3n) is 5.03. The number of nitrogens with one attached hydrogen (secondary N) is 1. The van der Waals surface area contributed by atoms with Crippen LogP contribution in [0.25, 0.3) is 0 Å². The van der Waals surface area contributed by atoms with E-state index in [4.69, 9.17) is 11.6 Å². The molecule has 0 aliphatic carbocycles. The Hall–Kier alpha value is -1.98. The van der Waals surface area contributed by atoms with Crippen LogP contribution in [-0.2, 0) is 21.0 Å². The van der Waals surface area contributed by atoms with Gasteiger partial charge in [-0.05, 0) is 29.7 Å². The van der Waals surface area contributed by atoms with Crippen LogP contribution in [0, 0.1) is 0 Å². The minimum absolute atomic E-state index is 0.0606. The number of amides is 2. The van der Waals surface area contributed by atoms with Crippen molar-refractivity contribution in [2.45, 2.75) is 30.3 Å². The van der Waals surface area contributed by atoms with Crippen LogP contribution in [0.2, 0.25) is 5.02 Å². The number of carbonyl (C=O) groups excluding carboxylic acids is 2. The Bertz CT molecular complexity index is 827. The van der Waals surface area contributed by atoms with E-state index in [9.17, 15) is 9.59 Å². The molecule has 0 saturated carbocycles. The Balaban J connectivity index is 1.51. The molecule has 0 spiro atoms. The fourth-order valence-corrected chi connectivity index (χ4v) is 5.52. The molecule has 26 heavy (non-hydrogen) atoms. The molecule has 2 fully saturated rings. The Morgan fingerprint density at radius 2 is 1.92 bits per heavy atom. The molecule has 2 aliphatic heterocycles. The first kappa shape index (κ1) is 17.4. The van der Waals surface area contributed by atoms with Gasteiger partial charge < -0.3 is 10.2 Å². The molecule has 6 heteroatoms. The van der Waals surface area contributed by atoms with E-state index < -0.39 is 10.9 Å². The zero-order chi connectivity index (χ0) is 18.1. The predicted octanol–water partition coefficient (Wildman–Crippen LogP) is 3.55. The number of nitrogens with zero attached hydrogens (tertiary/aromatic N) is 1. The summed E-state index contributed by atoms with van der Waals surface area (Å²) in [5.41, 5.74) is 2.08. The molecular formula is C20H19ClN2O2S. The Morgan fingerprint density at radius 3 is 2.65 bits per heavy atom. The topological polar surface area (TPSA) is 49.4 Å². The predicted molar refractivity (Wildman–Crippen MR) is 104 cm³/mol. The summed E-state index contributed by atoms with van der Waals surface area (Å²) < 4.78 is 0. The Kier molecular flexibility index (Phi) is 4.67. The number of carbonyl (C=O) groups is 2. The van der Waals surface area contributed by atoms with Crippen molar-refractivity contribution < 1.29 is 9.59 Å². The average Bonchev–Trinajstić information content (AvgIpc) is 3.21. The van der Waals surface area contributed by atoms with Gasteiger partial charge in [-0.2, -0.15) is 0 Å². The minimum atomic E-state index is -0.428. The zero-order valence-electron chi connectivity index (χ0n) is 14.2. The molecule has 2 atom stereocenters. The highest BCUT2D eigenvalue weighted by atomic mass is 35.5. The summed E-state index contributed by atoms with van der Waals surface area (Å²) in [5.74, 6) is 0.582. The number of fused-ring (bicyclic) bond motifs is 1. The molecule has 4 nitrogen and oxygen atoms in total. The van der Waals surface area contributed by atoms with E-state index in [2.05, 4.69) is 5.32 Å². The molecule has 2 aromatic rings. The Labute approximate surface area is 161 Å². The van der Waals surface area contributed by atoms with Crippen LogP contribution in [0.3, 0.4) is 0 Å². The van der Waals surface area contributed by atoms with Gasteiger partial charge in [-0.15, -0.1) is 11.8 Å². The number of thioether (sulfide) groups is 1. The van der Waals surface area contributed by atoms with Crippen LogP contribution < -0.4 is 5.32 Å². The van der Waals surface area contributed by atoms with Gasteiger partial charge in [-0.3, -0.25) is 9.59 Å². The van der Waals surface area contributed by atoms with Crippen LogP contribution >= 0.6 is 23.4 Å². The molecule has 2 aliphatic rings. The molecule has 2 amide bonds. The molecule has 0 aromatic heterocycles. The maximum atomic E-state index is 12.8.